The van der Waals surface area contributed by atoms with Gasteiger partial charge in [0.15, 0.2) is 5.75 Å². The summed E-state index contributed by atoms with van der Waals surface area (Å²) in [6.07, 6.45) is 0. The van der Waals surface area contributed by atoms with Gasteiger partial charge in [0, 0.05) is 5.56 Å². The first-order chi connectivity index (χ1) is 11.2. The molecule has 3 rings (SSSR count). The van der Waals surface area contributed by atoms with Crippen molar-refractivity contribution in [2.75, 3.05) is 5.32 Å². The van der Waals surface area contributed by atoms with Gasteiger partial charge in [-0.25, -0.2) is 0 Å². The molecule has 23 heavy (non-hydrogen) atoms. The van der Waals surface area contributed by atoms with Gasteiger partial charge in [-0.2, -0.15) is 0 Å². The summed E-state index contributed by atoms with van der Waals surface area (Å²) in [6.45, 7) is 2.01. The number of carbonyl (C=O) groups is 1. The van der Waals surface area contributed by atoms with Crippen molar-refractivity contribution in [1.82, 2.24) is 0 Å². The second kappa shape index (κ2) is 6.79. The third-order valence-electron chi connectivity index (χ3n) is 3.39. The Morgan fingerprint density at radius 3 is 2.39 bits per heavy atom. The minimum Gasteiger partial charge on any atom is -0.455 e. The van der Waals surface area contributed by atoms with Crippen molar-refractivity contribution in [2.24, 2.45) is 0 Å². The van der Waals surface area contributed by atoms with E-state index in [2.05, 4.69) is 5.32 Å². The summed E-state index contributed by atoms with van der Waals surface area (Å²) in [5.41, 5.74) is 2.37. The van der Waals surface area contributed by atoms with Crippen molar-refractivity contribution in [3.8, 4) is 11.5 Å². The van der Waals surface area contributed by atoms with E-state index in [1.807, 2.05) is 73.7 Å². The van der Waals surface area contributed by atoms with E-state index in [0.29, 0.717) is 17.0 Å². The van der Waals surface area contributed by atoms with Crippen LogP contribution in [-0.4, -0.2) is 5.91 Å². The number of hydrogen-bond acceptors (Lipinski definition) is 2. The summed E-state index contributed by atoms with van der Waals surface area (Å²) in [6, 6.07) is 24.3. The van der Waals surface area contributed by atoms with Gasteiger partial charge >= 0.3 is 0 Å². The molecule has 1 amide bonds. The van der Waals surface area contributed by atoms with Crippen LogP contribution in [0.4, 0.5) is 5.69 Å². The maximum atomic E-state index is 12.3. The van der Waals surface area contributed by atoms with Crippen LogP contribution in [0.25, 0.3) is 0 Å². The molecule has 0 unspecified atom stereocenters. The van der Waals surface area contributed by atoms with E-state index in [1.165, 1.54) is 0 Å². The van der Waals surface area contributed by atoms with E-state index >= 15 is 0 Å². The second-order valence-electron chi connectivity index (χ2n) is 5.23. The summed E-state index contributed by atoms with van der Waals surface area (Å²) in [5, 5.41) is 2.90. The minimum absolute atomic E-state index is 0.161. The lowest BCUT2D eigenvalue weighted by molar-refractivity contribution is 0.102. The van der Waals surface area contributed by atoms with Crippen LogP contribution < -0.4 is 10.1 Å². The number of carbonyl (C=O) groups excluding carboxylic acids is 1. The smallest absolute Gasteiger partial charge is 0.255 e. The molecule has 0 fully saturated rings. The fraction of sp³-hybridized carbons (Fsp3) is 0.0500. The Kier molecular flexibility index (Phi) is 4.39. The van der Waals surface area contributed by atoms with Gasteiger partial charge in [-0.15, -0.1) is 0 Å². The van der Waals surface area contributed by atoms with E-state index < -0.39 is 0 Å². The first-order valence-electron chi connectivity index (χ1n) is 7.42. The van der Waals surface area contributed by atoms with Gasteiger partial charge in [-0.3, -0.25) is 4.79 Å². The number of para-hydroxylation sites is 2. The van der Waals surface area contributed by atoms with Gasteiger partial charge in [-0.1, -0.05) is 42.5 Å². The van der Waals surface area contributed by atoms with Gasteiger partial charge in [0.05, 0.1) is 5.69 Å². The second-order valence-corrected chi connectivity index (χ2v) is 5.23. The number of nitrogens with one attached hydrogen (secondary N) is 1. The molecule has 3 aromatic carbocycles. The Balaban J connectivity index is 1.82. The molecule has 3 heteroatoms. The molecule has 0 aliphatic heterocycles. The van der Waals surface area contributed by atoms with E-state index in [0.717, 1.165) is 11.3 Å². The number of hydrogen-bond donors (Lipinski definition) is 1. The van der Waals surface area contributed by atoms with Crippen LogP contribution in [0.3, 0.4) is 0 Å². The summed E-state index contributed by atoms with van der Waals surface area (Å²) >= 11 is 0. The summed E-state index contributed by atoms with van der Waals surface area (Å²) < 4.78 is 5.91. The van der Waals surface area contributed by atoms with Gasteiger partial charge in [0.25, 0.3) is 5.91 Å². The Morgan fingerprint density at radius 2 is 1.61 bits per heavy atom. The zero-order valence-corrected chi connectivity index (χ0v) is 12.8. The van der Waals surface area contributed by atoms with Gasteiger partial charge < -0.3 is 10.1 Å². The third-order valence-corrected chi connectivity index (χ3v) is 3.39. The van der Waals surface area contributed by atoms with Gasteiger partial charge in [-0.05, 0) is 48.9 Å². The Morgan fingerprint density at radius 1 is 0.870 bits per heavy atom. The van der Waals surface area contributed by atoms with Crippen molar-refractivity contribution in [3.63, 3.8) is 0 Å². The lowest BCUT2D eigenvalue weighted by Crippen LogP contribution is -2.12. The van der Waals surface area contributed by atoms with Crippen LogP contribution >= 0.6 is 0 Å². The first-order valence-corrected chi connectivity index (χ1v) is 7.42. The number of rotatable bonds is 4. The monoisotopic (exact) mass is 303 g/mol. The zero-order valence-electron chi connectivity index (χ0n) is 12.8. The summed E-state index contributed by atoms with van der Waals surface area (Å²) in [4.78, 5) is 12.3. The quantitative estimate of drug-likeness (QED) is 0.733. The number of benzene rings is 3. The molecule has 114 valence electrons. The van der Waals surface area contributed by atoms with Crippen LogP contribution in [0.1, 0.15) is 15.9 Å². The molecule has 0 atom stereocenters. The van der Waals surface area contributed by atoms with Gasteiger partial charge in [0.1, 0.15) is 5.75 Å². The lowest BCUT2D eigenvalue weighted by Gasteiger charge is -2.12. The Labute approximate surface area is 135 Å². The zero-order chi connectivity index (χ0) is 16.1. The molecule has 0 heterocycles. The SMILES string of the molecule is Cc1cccc(Oc2ccccc2NC(=O)c2ccccc2)c1. The molecule has 0 radical (unpaired) electrons. The largest absolute Gasteiger partial charge is 0.455 e. The number of anilines is 1. The Hall–Kier alpha value is -3.07. The average molecular weight is 303 g/mol. The maximum Gasteiger partial charge on any atom is 0.255 e. The molecule has 0 bridgehead atoms. The van der Waals surface area contributed by atoms with Crippen LogP contribution in [0.2, 0.25) is 0 Å². The first kappa shape index (κ1) is 14.9. The number of amides is 1. The van der Waals surface area contributed by atoms with E-state index in [-0.39, 0.29) is 5.91 Å². The number of ether oxygens (including phenoxy) is 1. The van der Waals surface area contributed by atoms with Crippen molar-refractivity contribution >= 4 is 11.6 Å². The number of aryl methyl sites for hydroxylation is 1. The van der Waals surface area contributed by atoms with Crippen LogP contribution in [0.15, 0.2) is 78.9 Å². The maximum absolute atomic E-state index is 12.3. The highest BCUT2D eigenvalue weighted by atomic mass is 16.5. The molecule has 3 nitrogen and oxygen atoms in total. The summed E-state index contributed by atoms with van der Waals surface area (Å²) in [7, 11) is 0. The molecule has 0 saturated carbocycles. The normalized spacial score (nSPS) is 10.1. The van der Waals surface area contributed by atoms with Crippen LogP contribution in [-0.2, 0) is 0 Å². The van der Waals surface area contributed by atoms with E-state index in [1.54, 1.807) is 12.1 Å². The fourth-order valence-corrected chi connectivity index (χ4v) is 2.25. The van der Waals surface area contributed by atoms with Crippen LogP contribution in [0, 0.1) is 6.92 Å². The summed E-state index contributed by atoms with van der Waals surface area (Å²) in [5.74, 6) is 1.19. The predicted octanol–water partition coefficient (Wildman–Crippen LogP) is 5.04. The Bertz CT molecular complexity index is 813. The lowest BCUT2D eigenvalue weighted by atomic mass is 10.2. The predicted molar refractivity (Wildman–Crippen MR) is 92.1 cm³/mol. The van der Waals surface area contributed by atoms with Crippen molar-refractivity contribution < 1.29 is 9.53 Å². The van der Waals surface area contributed by atoms with Crippen LogP contribution in [0.5, 0.6) is 11.5 Å². The van der Waals surface area contributed by atoms with Crippen molar-refractivity contribution in [2.45, 2.75) is 6.92 Å². The molecule has 0 aliphatic carbocycles. The molecule has 0 aliphatic rings. The highest BCUT2D eigenvalue weighted by Crippen LogP contribution is 2.29. The highest BCUT2D eigenvalue weighted by molar-refractivity contribution is 6.05. The highest BCUT2D eigenvalue weighted by Gasteiger charge is 2.10. The average Bonchev–Trinajstić information content (AvgIpc) is 2.57. The van der Waals surface area contributed by atoms with Crippen molar-refractivity contribution in [3.05, 3.63) is 90.0 Å². The van der Waals surface area contributed by atoms with E-state index in [9.17, 15) is 4.79 Å². The fourth-order valence-electron chi connectivity index (χ4n) is 2.25. The standard InChI is InChI=1S/C20H17NO2/c1-15-8-7-11-17(14-15)23-19-13-6-5-12-18(19)21-20(22)16-9-3-2-4-10-16/h2-14H,1H3,(H,21,22). The third kappa shape index (κ3) is 3.77. The molecule has 0 saturated heterocycles. The minimum atomic E-state index is -0.161. The van der Waals surface area contributed by atoms with Crippen molar-refractivity contribution in [1.29, 1.82) is 0 Å². The topological polar surface area (TPSA) is 38.3 Å². The molecule has 3 aromatic rings. The molecule has 0 spiro atoms. The molecule has 0 aromatic heterocycles. The molecular weight excluding hydrogens is 286 g/mol. The van der Waals surface area contributed by atoms with E-state index in [4.69, 9.17) is 4.74 Å². The molecule has 1 N–H and O–H groups in total. The van der Waals surface area contributed by atoms with Gasteiger partial charge in [0.2, 0.25) is 0 Å². The molecular formula is C20H17NO2.